The Morgan fingerprint density at radius 1 is 1.23 bits per heavy atom. The number of imidazole rings is 1. The molecule has 1 atom stereocenters. The number of carbonyl (C=O) groups excluding carboxylic acids is 1. The van der Waals surface area contributed by atoms with Gasteiger partial charge in [-0.15, -0.1) is 0 Å². The Kier molecular flexibility index (Phi) is 7.94. The number of halogens is 1. The van der Waals surface area contributed by atoms with Gasteiger partial charge in [0.05, 0.1) is 44.1 Å². The zero-order valence-electron chi connectivity index (χ0n) is 20.4. The standard InChI is InChI=1S/C27H31FN4O3/c1-20-17-32(19-29-20)24-10-9-21(16-26(24)34-3)15-23(28)27(33)30(2)25(22-7-5-4-6-8-22)18-31-11-13-35-14-12-31/h4-10,15-17,19,25H,11-14,18H2,1-3H3/b23-15+. The van der Waals surface area contributed by atoms with Gasteiger partial charge in [-0.05, 0) is 36.3 Å². The van der Waals surface area contributed by atoms with Crippen molar-refractivity contribution < 1.29 is 18.7 Å². The van der Waals surface area contributed by atoms with Crippen molar-refractivity contribution in [2.45, 2.75) is 13.0 Å². The van der Waals surface area contributed by atoms with Crippen LogP contribution in [-0.2, 0) is 9.53 Å². The fourth-order valence-electron chi connectivity index (χ4n) is 4.22. The predicted octanol–water partition coefficient (Wildman–Crippen LogP) is 4.03. The molecule has 4 rings (SSSR count). The Balaban J connectivity index is 1.56. The van der Waals surface area contributed by atoms with E-state index in [0.29, 0.717) is 31.1 Å². The third-order valence-corrected chi connectivity index (χ3v) is 6.20. The maximum Gasteiger partial charge on any atom is 0.282 e. The topological polar surface area (TPSA) is 59.8 Å². The Labute approximate surface area is 205 Å². The third-order valence-electron chi connectivity index (χ3n) is 6.20. The number of likely N-dealkylation sites (N-methyl/N-ethyl adjacent to an activating group) is 1. The van der Waals surface area contributed by atoms with Gasteiger partial charge >= 0.3 is 0 Å². The highest BCUT2D eigenvalue weighted by molar-refractivity contribution is 5.95. The van der Waals surface area contributed by atoms with Crippen LogP contribution in [0.25, 0.3) is 11.8 Å². The highest BCUT2D eigenvalue weighted by Crippen LogP contribution is 2.27. The first-order valence-electron chi connectivity index (χ1n) is 11.6. The molecule has 184 valence electrons. The molecule has 1 aromatic heterocycles. The van der Waals surface area contributed by atoms with Crippen LogP contribution in [0.2, 0.25) is 0 Å². The van der Waals surface area contributed by atoms with Gasteiger partial charge < -0.3 is 18.9 Å². The summed E-state index contributed by atoms with van der Waals surface area (Å²) in [6, 6.07) is 14.7. The largest absolute Gasteiger partial charge is 0.495 e. The van der Waals surface area contributed by atoms with E-state index in [9.17, 15) is 4.79 Å². The second-order valence-electron chi connectivity index (χ2n) is 8.60. The summed E-state index contributed by atoms with van der Waals surface area (Å²) in [7, 11) is 3.21. The predicted molar refractivity (Wildman–Crippen MR) is 133 cm³/mol. The van der Waals surface area contributed by atoms with E-state index in [1.54, 1.807) is 32.6 Å². The first-order valence-corrected chi connectivity index (χ1v) is 11.6. The Morgan fingerprint density at radius 3 is 2.63 bits per heavy atom. The van der Waals surface area contributed by atoms with E-state index in [2.05, 4.69) is 9.88 Å². The number of amides is 1. The minimum Gasteiger partial charge on any atom is -0.495 e. The molecule has 0 saturated carbocycles. The van der Waals surface area contributed by atoms with Crippen molar-refractivity contribution in [3.8, 4) is 11.4 Å². The van der Waals surface area contributed by atoms with E-state index in [1.165, 1.54) is 11.0 Å². The maximum absolute atomic E-state index is 15.2. The molecular formula is C27H31FN4O3. The molecule has 1 saturated heterocycles. The molecule has 1 aliphatic heterocycles. The minimum atomic E-state index is -0.830. The first-order chi connectivity index (χ1) is 17.0. The Morgan fingerprint density at radius 2 is 1.97 bits per heavy atom. The molecule has 0 aliphatic carbocycles. The van der Waals surface area contributed by atoms with Gasteiger partial charge in [0, 0.05) is 32.9 Å². The second-order valence-corrected chi connectivity index (χ2v) is 8.60. The first kappa shape index (κ1) is 24.6. The van der Waals surface area contributed by atoms with E-state index in [4.69, 9.17) is 9.47 Å². The number of nitrogens with zero attached hydrogens (tertiary/aromatic N) is 4. The van der Waals surface area contributed by atoms with Crippen LogP contribution in [0.3, 0.4) is 0 Å². The van der Waals surface area contributed by atoms with Crippen LogP contribution in [0.4, 0.5) is 4.39 Å². The van der Waals surface area contributed by atoms with E-state index >= 15 is 4.39 Å². The molecule has 1 fully saturated rings. The van der Waals surface area contributed by atoms with Crippen molar-refractivity contribution in [3.63, 3.8) is 0 Å². The van der Waals surface area contributed by atoms with Crippen LogP contribution < -0.4 is 4.74 Å². The monoisotopic (exact) mass is 478 g/mol. The zero-order chi connectivity index (χ0) is 24.8. The van der Waals surface area contributed by atoms with Crippen molar-refractivity contribution in [3.05, 3.63) is 83.7 Å². The van der Waals surface area contributed by atoms with E-state index in [0.717, 1.165) is 30.0 Å². The number of ether oxygens (including phenoxy) is 2. The Hall–Kier alpha value is -3.49. The lowest BCUT2D eigenvalue weighted by Crippen LogP contribution is -2.43. The van der Waals surface area contributed by atoms with Gasteiger partial charge in [0.1, 0.15) is 5.75 Å². The molecule has 1 aliphatic rings. The van der Waals surface area contributed by atoms with Gasteiger partial charge in [0.15, 0.2) is 5.83 Å². The molecule has 2 heterocycles. The van der Waals surface area contributed by atoms with Crippen LogP contribution in [0, 0.1) is 6.92 Å². The lowest BCUT2D eigenvalue weighted by molar-refractivity contribution is -0.130. The van der Waals surface area contributed by atoms with Gasteiger partial charge in [-0.1, -0.05) is 36.4 Å². The van der Waals surface area contributed by atoms with Gasteiger partial charge in [-0.2, -0.15) is 0 Å². The van der Waals surface area contributed by atoms with Crippen LogP contribution in [0.15, 0.2) is 66.9 Å². The van der Waals surface area contributed by atoms with Crippen molar-refractivity contribution in [1.29, 1.82) is 0 Å². The molecule has 2 aromatic carbocycles. The van der Waals surface area contributed by atoms with Crippen molar-refractivity contribution in [2.75, 3.05) is 47.0 Å². The normalized spacial score (nSPS) is 15.6. The van der Waals surface area contributed by atoms with Crippen LogP contribution in [-0.4, -0.2) is 72.3 Å². The van der Waals surface area contributed by atoms with E-state index in [-0.39, 0.29) is 6.04 Å². The molecule has 7 nitrogen and oxygen atoms in total. The number of hydrogen-bond acceptors (Lipinski definition) is 5. The molecule has 0 spiro atoms. The number of rotatable bonds is 8. The number of aryl methyl sites for hydroxylation is 1. The smallest absolute Gasteiger partial charge is 0.282 e. The molecule has 3 aromatic rings. The summed E-state index contributed by atoms with van der Waals surface area (Å²) in [5.41, 5.74) is 3.15. The van der Waals surface area contributed by atoms with Crippen molar-refractivity contribution in [2.24, 2.45) is 0 Å². The van der Waals surface area contributed by atoms with Gasteiger partial charge in [0.2, 0.25) is 0 Å². The highest BCUT2D eigenvalue weighted by atomic mass is 19.1. The average molecular weight is 479 g/mol. The van der Waals surface area contributed by atoms with Gasteiger partial charge in [0.25, 0.3) is 5.91 Å². The molecule has 0 bridgehead atoms. The molecule has 1 amide bonds. The minimum absolute atomic E-state index is 0.289. The molecule has 0 N–H and O–H groups in total. The second kappa shape index (κ2) is 11.3. The highest BCUT2D eigenvalue weighted by Gasteiger charge is 2.27. The SMILES string of the molecule is COc1cc(/C=C(/F)C(=O)N(C)C(CN2CCOCC2)c2ccccc2)ccc1-n1cnc(C)c1. The number of aromatic nitrogens is 2. The lowest BCUT2D eigenvalue weighted by atomic mass is 10.0. The maximum atomic E-state index is 15.2. The average Bonchev–Trinajstić information content (AvgIpc) is 3.33. The number of morpholine rings is 1. The van der Waals surface area contributed by atoms with Crippen LogP contribution >= 0.6 is 0 Å². The van der Waals surface area contributed by atoms with E-state index < -0.39 is 11.7 Å². The van der Waals surface area contributed by atoms with Crippen LogP contribution in [0.5, 0.6) is 5.75 Å². The molecule has 8 heteroatoms. The molecular weight excluding hydrogens is 447 g/mol. The fourth-order valence-corrected chi connectivity index (χ4v) is 4.22. The number of hydrogen-bond donors (Lipinski definition) is 0. The third kappa shape index (κ3) is 5.96. The summed E-state index contributed by atoms with van der Waals surface area (Å²) in [4.78, 5) is 21.1. The quantitative estimate of drug-likeness (QED) is 0.458. The fraction of sp³-hybridized carbons (Fsp3) is 0.333. The Bertz CT molecular complexity index is 1170. The summed E-state index contributed by atoms with van der Waals surface area (Å²) in [5.74, 6) is -0.941. The van der Waals surface area contributed by atoms with Crippen molar-refractivity contribution >= 4 is 12.0 Å². The number of carbonyl (C=O) groups is 1. The molecule has 0 radical (unpaired) electrons. The van der Waals surface area contributed by atoms with E-state index in [1.807, 2.05) is 54.1 Å². The van der Waals surface area contributed by atoms with Crippen LogP contribution in [0.1, 0.15) is 22.9 Å². The summed E-state index contributed by atoms with van der Waals surface area (Å²) in [6.07, 6.45) is 4.83. The summed E-state index contributed by atoms with van der Waals surface area (Å²) in [5, 5.41) is 0. The summed E-state index contributed by atoms with van der Waals surface area (Å²) >= 11 is 0. The summed E-state index contributed by atoms with van der Waals surface area (Å²) in [6.45, 7) is 5.39. The lowest BCUT2D eigenvalue weighted by Gasteiger charge is -2.35. The van der Waals surface area contributed by atoms with Gasteiger partial charge in [-0.25, -0.2) is 9.37 Å². The van der Waals surface area contributed by atoms with Gasteiger partial charge in [-0.3, -0.25) is 9.69 Å². The molecule has 35 heavy (non-hydrogen) atoms. The number of methoxy groups -OCH3 is 1. The molecule has 1 unspecified atom stereocenters. The van der Waals surface area contributed by atoms with Crippen molar-refractivity contribution in [1.82, 2.24) is 19.4 Å². The number of benzene rings is 2. The zero-order valence-corrected chi connectivity index (χ0v) is 20.4. The summed E-state index contributed by atoms with van der Waals surface area (Å²) < 4.78 is 28.0.